The third-order valence-corrected chi connectivity index (χ3v) is 14.4. The Labute approximate surface area is 404 Å². The van der Waals surface area contributed by atoms with Crippen LogP contribution in [0.15, 0.2) is 224 Å². The van der Waals surface area contributed by atoms with Gasteiger partial charge in [-0.2, -0.15) is 0 Å². The predicted octanol–water partition coefficient (Wildman–Crippen LogP) is 15.2. The van der Waals surface area contributed by atoms with Crippen LogP contribution in [0.25, 0.3) is 38.6 Å². The second-order valence-electron chi connectivity index (χ2n) is 18.9. The SMILES string of the molecule is Cc1ccc(N(c2ccc(C)cc2)c2cccc(-c3ccc4c(c3)B3c5cc(C)ccc5N(c5ccc(C)cc5)c5cc(-n6c7ccccc7c7ccccc76)cc(c53)N4c3ccccc3)c2)cc1. The van der Waals surface area contributed by atoms with Gasteiger partial charge >= 0.3 is 0 Å². The van der Waals surface area contributed by atoms with Gasteiger partial charge in [0.25, 0.3) is 6.71 Å². The molecule has 5 heteroatoms. The van der Waals surface area contributed by atoms with Crippen molar-refractivity contribution in [2.45, 2.75) is 27.7 Å². The maximum atomic E-state index is 2.52. The Morgan fingerprint density at radius 1 is 0.333 bits per heavy atom. The molecular formula is C64H49BN4. The second kappa shape index (κ2) is 16.1. The minimum Gasteiger partial charge on any atom is -0.311 e. The summed E-state index contributed by atoms with van der Waals surface area (Å²) in [6.07, 6.45) is 0. The van der Waals surface area contributed by atoms with Crippen LogP contribution in [-0.4, -0.2) is 11.3 Å². The summed E-state index contributed by atoms with van der Waals surface area (Å²) in [7, 11) is 0. The number of benzene rings is 10. The Kier molecular flexibility index (Phi) is 9.48. The van der Waals surface area contributed by atoms with E-state index < -0.39 is 0 Å². The Morgan fingerprint density at radius 3 is 1.43 bits per heavy atom. The molecule has 69 heavy (non-hydrogen) atoms. The molecule has 1 aromatic heterocycles. The van der Waals surface area contributed by atoms with Crippen molar-refractivity contribution < 1.29 is 0 Å². The molecule has 0 fully saturated rings. The number of hydrogen-bond acceptors (Lipinski definition) is 3. The van der Waals surface area contributed by atoms with Crippen molar-refractivity contribution in [2.75, 3.05) is 14.7 Å². The first-order chi connectivity index (χ1) is 33.9. The lowest BCUT2D eigenvalue weighted by Gasteiger charge is -2.44. The van der Waals surface area contributed by atoms with Crippen LogP contribution in [0.4, 0.5) is 51.2 Å². The Balaban J connectivity index is 1.07. The standard InChI is InChI=1S/C64H49BN4/c1-42-21-29-49(30-22-42)66(50-31-23-43(2)24-32-50)52-16-12-13-46(38-52)47-28-36-61-57(39-47)65-56-37-45(4)27-35-60(56)68(51-33-25-44(3)26-34-51)63-41-53(40-62(64(63)65)67(61)48-14-6-5-7-15-48)69-58-19-10-8-17-54(58)55-18-9-11-20-59(55)69/h5-41H,1-4H3. The number of aryl methyl sites for hydroxylation is 4. The van der Waals surface area contributed by atoms with Gasteiger partial charge < -0.3 is 19.3 Å². The third kappa shape index (κ3) is 6.68. The quantitative estimate of drug-likeness (QED) is 0.148. The lowest BCUT2D eigenvalue weighted by atomic mass is 9.33. The van der Waals surface area contributed by atoms with Crippen LogP contribution in [0, 0.1) is 27.7 Å². The lowest BCUT2D eigenvalue weighted by molar-refractivity contribution is 1.16. The number of nitrogens with zero attached hydrogens (tertiary/aromatic N) is 4. The molecule has 0 aliphatic carbocycles. The molecule has 0 atom stereocenters. The van der Waals surface area contributed by atoms with E-state index in [1.54, 1.807) is 0 Å². The molecule has 0 radical (unpaired) electrons. The minimum atomic E-state index is -0.0477. The number of anilines is 9. The summed E-state index contributed by atoms with van der Waals surface area (Å²) in [5.74, 6) is 0. The van der Waals surface area contributed by atoms with Crippen molar-refractivity contribution in [3.63, 3.8) is 0 Å². The van der Waals surface area contributed by atoms with Crippen molar-refractivity contribution in [3.05, 3.63) is 247 Å². The van der Waals surface area contributed by atoms with E-state index in [1.807, 2.05) is 0 Å². The molecule has 0 bridgehead atoms. The van der Waals surface area contributed by atoms with E-state index in [-0.39, 0.29) is 6.71 Å². The van der Waals surface area contributed by atoms with Crippen LogP contribution < -0.4 is 31.1 Å². The average Bonchev–Trinajstić information content (AvgIpc) is 3.72. The molecule has 3 heterocycles. The van der Waals surface area contributed by atoms with Crippen LogP contribution in [-0.2, 0) is 0 Å². The van der Waals surface area contributed by atoms with E-state index >= 15 is 0 Å². The monoisotopic (exact) mass is 884 g/mol. The number of rotatable bonds is 7. The minimum absolute atomic E-state index is 0.0477. The molecule has 328 valence electrons. The van der Waals surface area contributed by atoms with Gasteiger partial charge in [0.05, 0.1) is 16.7 Å². The van der Waals surface area contributed by atoms with Crippen molar-refractivity contribution in [1.82, 2.24) is 4.57 Å². The summed E-state index contributed by atoms with van der Waals surface area (Å²) >= 11 is 0. The Bertz CT molecular complexity index is 3680. The van der Waals surface area contributed by atoms with Crippen LogP contribution >= 0.6 is 0 Å². The van der Waals surface area contributed by atoms with Gasteiger partial charge in [0.2, 0.25) is 0 Å². The smallest absolute Gasteiger partial charge is 0.252 e. The maximum absolute atomic E-state index is 2.52. The first kappa shape index (κ1) is 40.7. The summed E-state index contributed by atoms with van der Waals surface area (Å²) < 4.78 is 2.47. The van der Waals surface area contributed by atoms with Crippen LogP contribution in [0.1, 0.15) is 22.3 Å². The van der Waals surface area contributed by atoms with Crippen LogP contribution in [0.3, 0.4) is 0 Å². The molecule has 4 nitrogen and oxygen atoms in total. The number of hydrogen-bond donors (Lipinski definition) is 0. The zero-order valence-corrected chi connectivity index (χ0v) is 39.2. The lowest BCUT2D eigenvalue weighted by Crippen LogP contribution is -2.61. The summed E-state index contributed by atoms with van der Waals surface area (Å²) in [5.41, 5.74) is 25.1. The van der Waals surface area contributed by atoms with E-state index in [2.05, 4.69) is 271 Å². The fourth-order valence-corrected chi connectivity index (χ4v) is 11.1. The highest BCUT2D eigenvalue weighted by atomic mass is 15.2. The zero-order chi connectivity index (χ0) is 46.3. The van der Waals surface area contributed by atoms with Gasteiger partial charge in [-0.15, -0.1) is 0 Å². The molecular weight excluding hydrogens is 836 g/mol. The average molecular weight is 885 g/mol. The summed E-state index contributed by atoms with van der Waals surface area (Å²) in [4.78, 5) is 7.41. The van der Waals surface area contributed by atoms with Gasteiger partial charge in [0.1, 0.15) is 0 Å². The summed E-state index contributed by atoms with van der Waals surface area (Å²) in [6.45, 7) is 8.64. The topological polar surface area (TPSA) is 14.7 Å². The summed E-state index contributed by atoms with van der Waals surface area (Å²) in [6, 6.07) is 83.6. The van der Waals surface area contributed by atoms with Crippen LogP contribution in [0.2, 0.25) is 0 Å². The normalized spacial score (nSPS) is 12.6. The van der Waals surface area contributed by atoms with Gasteiger partial charge in [-0.1, -0.05) is 150 Å². The molecule has 0 N–H and O–H groups in total. The molecule has 13 rings (SSSR count). The first-order valence-corrected chi connectivity index (χ1v) is 24.0. The number of para-hydroxylation sites is 3. The van der Waals surface area contributed by atoms with E-state index in [0.717, 1.165) is 34.1 Å². The molecule has 0 saturated heterocycles. The third-order valence-electron chi connectivity index (χ3n) is 14.4. The first-order valence-electron chi connectivity index (χ1n) is 24.0. The second-order valence-corrected chi connectivity index (χ2v) is 18.9. The van der Waals surface area contributed by atoms with E-state index in [4.69, 9.17) is 0 Å². The molecule has 0 amide bonds. The van der Waals surface area contributed by atoms with Gasteiger partial charge in [0, 0.05) is 62.0 Å². The van der Waals surface area contributed by atoms with Gasteiger partial charge in [-0.3, -0.25) is 0 Å². The zero-order valence-electron chi connectivity index (χ0n) is 39.2. The number of aromatic nitrogens is 1. The largest absolute Gasteiger partial charge is 0.311 e. The van der Waals surface area contributed by atoms with Crippen molar-refractivity contribution in [1.29, 1.82) is 0 Å². The Morgan fingerprint density at radius 2 is 0.826 bits per heavy atom. The molecule has 2 aliphatic heterocycles. The van der Waals surface area contributed by atoms with Crippen LogP contribution in [0.5, 0.6) is 0 Å². The predicted molar refractivity (Wildman–Crippen MR) is 294 cm³/mol. The highest BCUT2D eigenvalue weighted by molar-refractivity contribution is 7.00. The maximum Gasteiger partial charge on any atom is 0.252 e. The van der Waals surface area contributed by atoms with E-state index in [0.29, 0.717) is 0 Å². The van der Waals surface area contributed by atoms with Crippen molar-refractivity contribution >= 4 is 96.1 Å². The molecule has 11 aromatic rings. The summed E-state index contributed by atoms with van der Waals surface area (Å²) in [5, 5.41) is 2.49. The molecule has 0 unspecified atom stereocenters. The number of fused-ring (bicyclic) bond motifs is 7. The fourth-order valence-electron chi connectivity index (χ4n) is 11.1. The van der Waals surface area contributed by atoms with Gasteiger partial charge in [-0.25, -0.2) is 0 Å². The van der Waals surface area contributed by atoms with Crippen molar-refractivity contribution in [2.24, 2.45) is 0 Å². The molecule has 10 aromatic carbocycles. The highest BCUT2D eigenvalue weighted by Crippen LogP contribution is 2.47. The van der Waals surface area contributed by atoms with Gasteiger partial charge in [0.15, 0.2) is 0 Å². The molecule has 0 saturated carbocycles. The highest BCUT2D eigenvalue weighted by Gasteiger charge is 2.44. The van der Waals surface area contributed by atoms with E-state index in [9.17, 15) is 0 Å². The van der Waals surface area contributed by atoms with Crippen molar-refractivity contribution in [3.8, 4) is 16.8 Å². The fraction of sp³-hybridized carbons (Fsp3) is 0.0625. The molecule has 2 aliphatic rings. The Hall–Kier alpha value is -8.54. The van der Waals surface area contributed by atoms with E-state index in [1.165, 1.54) is 94.3 Å². The van der Waals surface area contributed by atoms with Gasteiger partial charge in [-0.05, 0) is 152 Å². The molecule has 0 spiro atoms.